The van der Waals surface area contributed by atoms with Gasteiger partial charge in [-0.1, -0.05) is 11.6 Å². The molecule has 0 spiro atoms. The first-order chi connectivity index (χ1) is 11.1. The molecule has 3 rings (SSSR count). The molecule has 0 saturated heterocycles. The second-order valence-electron chi connectivity index (χ2n) is 5.31. The number of pyridine rings is 1. The number of rotatable bonds is 4. The number of ether oxygens (including phenoxy) is 2. The summed E-state index contributed by atoms with van der Waals surface area (Å²) in [6, 6.07) is 9.18. The molecule has 0 unspecified atom stereocenters. The van der Waals surface area contributed by atoms with Gasteiger partial charge in [-0.2, -0.15) is 0 Å². The highest BCUT2D eigenvalue weighted by atomic mass is 16.5. The monoisotopic (exact) mass is 311 g/mol. The number of carbonyl (C=O) groups excluding carboxylic acids is 1. The molecule has 0 aliphatic carbocycles. The summed E-state index contributed by atoms with van der Waals surface area (Å²) in [7, 11) is 1.60. The SMILES string of the molecule is COc1ccc(C)cc1[C@@H](C)OC(=O)c1ccc2nncn2c1. The molecule has 1 aromatic carbocycles. The Kier molecular flexibility index (Phi) is 3.97. The average Bonchev–Trinajstić information content (AvgIpc) is 3.02. The van der Waals surface area contributed by atoms with E-state index >= 15 is 0 Å². The summed E-state index contributed by atoms with van der Waals surface area (Å²) in [5, 5.41) is 7.69. The average molecular weight is 311 g/mol. The van der Waals surface area contributed by atoms with Crippen LogP contribution in [0.2, 0.25) is 0 Å². The van der Waals surface area contributed by atoms with Crippen molar-refractivity contribution in [2.24, 2.45) is 0 Å². The molecular formula is C17H17N3O3. The lowest BCUT2D eigenvalue weighted by Crippen LogP contribution is -2.11. The summed E-state index contributed by atoms with van der Waals surface area (Å²) in [6.07, 6.45) is 2.77. The van der Waals surface area contributed by atoms with Crippen molar-refractivity contribution in [1.82, 2.24) is 14.6 Å². The minimum Gasteiger partial charge on any atom is -0.496 e. The van der Waals surface area contributed by atoms with Crippen molar-refractivity contribution in [3.63, 3.8) is 0 Å². The smallest absolute Gasteiger partial charge is 0.340 e. The van der Waals surface area contributed by atoms with Crippen LogP contribution in [0.4, 0.5) is 0 Å². The number of methoxy groups -OCH3 is 1. The molecule has 6 heteroatoms. The van der Waals surface area contributed by atoms with Crippen molar-refractivity contribution in [2.45, 2.75) is 20.0 Å². The normalized spacial score (nSPS) is 12.1. The van der Waals surface area contributed by atoms with Gasteiger partial charge in [-0.05, 0) is 38.1 Å². The minimum absolute atomic E-state index is 0.406. The summed E-state index contributed by atoms with van der Waals surface area (Å²) in [4.78, 5) is 12.4. The quantitative estimate of drug-likeness (QED) is 0.693. The van der Waals surface area contributed by atoms with Crippen LogP contribution in [0.5, 0.6) is 5.75 Å². The van der Waals surface area contributed by atoms with Crippen LogP contribution in [0.3, 0.4) is 0 Å². The van der Waals surface area contributed by atoms with Gasteiger partial charge in [0.2, 0.25) is 0 Å². The first-order valence-electron chi connectivity index (χ1n) is 7.23. The van der Waals surface area contributed by atoms with Gasteiger partial charge in [-0.15, -0.1) is 10.2 Å². The highest BCUT2D eigenvalue weighted by molar-refractivity contribution is 5.89. The van der Waals surface area contributed by atoms with E-state index in [0.717, 1.165) is 11.1 Å². The van der Waals surface area contributed by atoms with Crippen LogP contribution < -0.4 is 4.74 Å². The predicted octanol–water partition coefficient (Wildman–Crippen LogP) is 2.96. The second kappa shape index (κ2) is 6.08. The molecular weight excluding hydrogens is 294 g/mol. The molecule has 0 amide bonds. The summed E-state index contributed by atoms with van der Waals surface area (Å²) in [5.41, 5.74) is 3.03. The van der Waals surface area contributed by atoms with Crippen LogP contribution in [0.15, 0.2) is 42.9 Å². The van der Waals surface area contributed by atoms with E-state index in [-0.39, 0.29) is 0 Å². The molecule has 0 saturated carbocycles. The number of benzene rings is 1. The third-order valence-electron chi connectivity index (χ3n) is 3.63. The number of aromatic nitrogens is 3. The highest BCUT2D eigenvalue weighted by Crippen LogP contribution is 2.29. The zero-order valence-corrected chi connectivity index (χ0v) is 13.2. The Hall–Kier alpha value is -2.89. The van der Waals surface area contributed by atoms with Gasteiger partial charge in [0.25, 0.3) is 0 Å². The van der Waals surface area contributed by atoms with E-state index in [1.807, 2.05) is 32.0 Å². The Morgan fingerprint density at radius 3 is 2.87 bits per heavy atom. The van der Waals surface area contributed by atoms with Crippen LogP contribution >= 0.6 is 0 Å². The van der Waals surface area contributed by atoms with Gasteiger partial charge in [0.05, 0.1) is 12.7 Å². The fraction of sp³-hybridized carbons (Fsp3) is 0.235. The van der Waals surface area contributed by atoms with Crippen LogP contribution in [0.1, 0.15) is 34.5 Å². The van der Waals surface area contributed by atoms with Gasteiger partial charge in [0.1, 0.15) is 18.2 Å². The Morgan fingerprint density at radius 2 is 2.09 bits per heavy atom. The number of fused-ring (bicyclic) bond motifs is 1. The number of esters is 1. The molecule has 0 aliphatic heterocycles. The van der Waals surface area contributed by atoms with Gasteiger partial charge in [-0.25, -0.2) is 4.79 Å². The first-order valence-corrected chi connectivity index (χ1v) is 7.23. The summed E-state index contributed by atoms with van der Waals surface area (Å²) >= 11 is 0. The minimum atomic E-state index is -0.422. The number of aryl methyl sites for hydroxylation is 1. The van der Waals surface area contributed by atoms with Crippen LogP contribution in [0.25, 0.3) is 5.65 Å². The second-order valence-corrected chi connectivity index (χ2v) is 5.31. The van der Waals surface area contributed by atoms with Gasteiger partial charge >= 0.3 is 5.97 Å². The predicted molar refractivity (Wildman–Crippen MR) is 84.5 cm³/mol. The van der Waals surface area contributed by atoms with Crippen LogP contribution in [0, 0.1) is 6.92 Å². The highest BCUT2D eigenvalue weighted by Gasteiger charge is 2.18. The number of nitrogens with zero attached hydrogens (tertiary/aromatic N) is 3. The third kappa shape index (κ3) is 3.01. The molecule has 118 valence electrons. The van der Waals surface area contributed by atoms with E-state index in [2.05, 4.69) is 10.2 Å². The molecule has 0 radical (unpaired) electrons. The molecule has 1 atom stereocenters. The topological polar surface area (TPSA) is 65.7 Å². The fourth-order valence-corrected chi connectivity index (χ4v) is 2.41. The van der Waals surface area contributed by atoms with E-state index < -0.39 is 12.1 Å². The van der Waals surface area contributed by atoms with Crippen molar-refractivity contribution >= 4 is 11.6 Å². The summed E-state index contributed by atoms with van der Waals surface area (Å²) in [5.74, 6) is 0.293. The lowest BCUT2D eigenvalue weighted by Gasteiger charge is -2.17. The van der Waals surface area contributed by atoms with E-state index in [1.54, 1.807) is 36.2 Å². The molecule has 0 aliphatic rings. The third-order valence-corrected chi connectivity index (χ3v) is 3.63. The molecule has 3 aromatic rings. The molecule has 0 fully saturated rings. The van der Waals surface area contributed by atoms with E-state index in [9.17, 15) is 4.79 Å². The van der Waals surface area contributed by atoms with E-state index in [0.29, 0.717) is 17.0 Å². The maximum atomic E-state index is 12.4. The van der Waals surface area contributed by atoms with Gasteiger partial charge < -0.3 is 9.47 Å². The van der Waals surface area contributed by atoms with Gasteiger partial charge in [0.15, 0.2) is 5.65 Å². The summed E-state index contributed by atoms with van der Waals surface area (Å²) in [6.45, 7) is 3.81. The maximum Gasteiger partial charge on any atom is 0.340 e. The lowest BCUT2D eigenvalue weighted by atomic mass is 10.1. The molecule has 0 N–H and O–H groups in total. The Morgan fingerprint density at radius 1 is 1.26 bits per heavy atom. The van der Waals surface area contributed by atoms with E-state index in [4.69, 9.17) is 9.47 Å². The van der Waals surface area contributed by atoms with Gasteiger partial charge in [0, 0.05) is 11.8 Å². The zero-order chi connectivity index (χ0) is 16.4. The van der Waals surface area contributed by atoms with Gasteiger partial charge in [-0.3, -0.25) is 4.40 Å². The molecule has 6 nitrogen and oxygen atoms in total. The van der Waals surface area contributed by atoms with Crippen LogP contribution in [-0.4, -0.2) is 27.7 Å². The largest absolute Gasteiger partial charge is 0.496 e. The molecule has 2 heterocycles. The Balaban J connectivity index is 1.83. The summed E-state index contributed by atoms with van der Waals surface area (Å²) < 4.78 is 12.6. The zero-order valence-electron chi connectivity index (χ0n) is 13.2. The van der Waals surface area contributed by atoms with E-state index in [1.165, 1.54) is 0 Å². The first kappa shape index (κ1) is 15.0. The van der Waals surface area contributed by atoms with Crippen molar-refractivity contribution in [3.05, 3.63) is 59.5 Å². The van der Waals surface area contributed by atoms with Crippen molar-refractivity contribution in [3.8, 4) is 5.75 Å². The van der Waals surface area contributed by atoms with Crippen molar-refractivity contribution in [1.29, 1.82) is 0 Å². The lowest BCUT2D eigenvalue weighted by molar-refractivity contribution is 0.0333. The standard InChI is InChI=1S/C17H17N3O3/c1-11-4-6-15(22-3)14(8-11)12(2)23-17(21)13-5-7-16-19-18-10-20(16)9-13/h4-10,12H,1-3H3/t12-/m1/s1. The molecule has 2 aromatic heterocycles. The van der Waals surface area contributed by atoms with Crippen molar-refractivity contribution in [2.75, 3.05) is 7.11 Å². The Labute approximate surface area is 133 Å². The molecule has 0 bridgehead atoms. The Bertz CT molecular complexity index is 857. The number of carbonyl (C=O) groups is 1. The molecule has 23 heavy (non-hydrogen) atoms. The van der Waals surface area contributed by atoms with Crippen LogP contribution in [-0.2, 0) is 4.74 Å². The maximum absolute atomic E-state index is 12.4. The fourth-order valence-electron chi connectivity index (χ4n) is 2.41. The van der Waals surface area contributed by atoms with Crippen molar-refractivity contribution < 1.29 is 14.3 Å². The number of hydrogen-bond donors (Lipinski definition) is 0. The number of hydrogen-bond acceptors (Lipinski definition) is 5.